The van der Waals surface area contributed by atoms with Crippen LogP contribution in [0.15, 0.2) is 42.5 Å². The molecule has 0 bridgehead atoms. The SMILES string of the molecule is Cc1cc(C)cc(C(=O)NCCc2sc3nc(-c4ccc(F)cc4)nn3c2C)c1. The number of aromatic nitrogens is 3. The largest absolute Gasteiger partial charge is 0.352 e. The first-order valence-electron chi connectivity index (χ1n) is 9.38. The van der Waals surface area contributed by atoms with Gasteiger partial charge in [-0.3, -0.25) is 4.79 Å². The summed E-state index contributed by atoms with van der Waals surface area (Å²) in [6.07, 6.45) is 0.712. The summed E-state index contributed by atoms with van der Waals surface area (Å²) in [6, 6.07) is 12.0. The van der Waals surface area contributed by atoms with Crippen molar-refractivity contribution in [3.8, 4) is 11.4 Å². The fraction of sp³-hybridized carbons (Fsp3) is 0.227. The number of hydrogen-bond acceptors (Lipinski definition) is 4. The quantitative estimate of drug-likeness (QED) is 0.529. The van der Waals surface area contributed by atoms with Crippen molar-refractivity contribution in [2.75, 3.05) is 6.54 Å². The van der Waals surface area contributed by atoms with Crippen LogP contribution in [-0.4, -0.2) is 27.0 Å². The first-order chi connectivity index (χ1) is 13.9. The molecule has 0 radical (unpaired) electrons. The highest BCUT2D eigenvalue weighted by Crippen LogP contribution is 2.25. The Hall–Kier alpha value is -3.06. The zero-order valence-electron chi connectivity index (χ0n) is 16.5. The van der Waals surface area contributed by atoms with Gasteiger partial charge in [0.05, 0.1) is 5.69 Å². The molecule has 4 aromatic rings. The molecule has 2 heterocycles. The van der Waals surface area contributed by atoms with Crippen LogP contribution in [0, 0.1) is 26.6 Å². The minimum absolute atomic E-state index is 0.0625. The van der Waals surface area contributed by atoms with Crippen LogP contribution < -0.4 is 5.32 Å². The Morgan fingerprint density at radius 1 is 1.10 bits per heavy atom. The van der Waals surface area contributed by atoms with Crippen molar-refractivity contribution in [3.63, 3.8) is 0 Å². The smallest absolute Gasteiger partial charge is 0.251 e. The number of amides is 1. The van der Waals surface area contributed by atoms with Gasteiger partial charge < -0.3 is 5.32 Å². The zero-order valence-corrected chi connectivity index (χ0v) is 17.3. The number of hydrogen-bond donors (Lipinski definition) is 1. The molecule has 2 aromatic heterocycles. The number of aryl methyl sites for hydroxylation is 3. The maximum atomic E-state index is 13.1. The average Bonchev–Trinajstić information content (AvgIpc) is 3.21. The summed E-state index contributed by atoms with van der Waals surface area (Å²) in [4.78, 5) is 18.9. The van der Waals surface area contributed by atoms with Gasteiger partial charge in [-0.25, -0.2) is 8.91 Å². The lowest BCUT2D eigenvalue weighted by Crippen LogP contribution is -2.25. The van der Waals surface area contributed by atoms with E-state index in [1.807, 2.05) is 37.4 Å². The molecule has 0 fully saturated rings. The summed E-state index contributed by atoms with van der Waals surface area (Å²) < 4.78 is 14.9. The molecule has 0 saturated heterocycles. The zero-order chi connectivity index (χ0) is 20.5. The first-order valence-corrected chi connectivity index (χ1v) is 10.2. The van der Waals surface area contributed by atoms with E-state index in [0.29, 0.717) is 24.4 Å². The van der Waals surface area contributed by atoms with E-state index in [1.165, 1.54) is 12.1 Å². The van der Waals surface area contributed by atoms with Gasteiger partial charge in [0.15, 0.2) is 5.82 Å². The lowest BCUT2D eigenvalue weighted by Gasteiger charge is -2.07. The van der Waals surface area contributed by atoms with Crippen molar-refractivity contribution in [3.05, 3.63) is 75.5 Å². The van der Waals surface area contributed by atoms with Gasteiger partial charge in [-0.1, -0.05) is 28.5 Å². The second kappa shape index (κ2) is 7.75. The molecule has 0 saturated carbocycles. The number of nitrogens with zero attached hydrogens (tertiary/aromatic N) is 3. The topological polar surface area (TPSA) is 59.3 Å². The van der Waals surface area contributed by atoms with Gasteiger partial charge in [0, 0.05) is 29.0 Å². The number of thiazole rings is 1. The summed E-state index contributed by atoms with van der Waals surface area (Å²) in [6.45, 7) is 6.51. The van der Waals surface area contributed by atoms with Crippen LogP contribution in [0.25, 0.3) is 16.3 Å². The molecule has 148 valence electrons. The molecule has 2 aromatic carbocycles. The van der Waals surface area contributed by atoms with Crippen molar-refractivity contribution in [1.29, 1.82) is 0 Å². The van der Waals surface area contributed by atoms with E-state index in [0.717, 1.165) is 32.2 Å². The summed E-state index contributed by atoms with van der Waals surface area (Å²) in [5.41, 5.74) is 4.63. The number of halogens is 1. The van der Waals surface area contributed by atoms with Crippen molar-refractivity contribution < 1.29 is 9.18 Å². The monoisotopic (exact) mass is 408 g/mol. The Morgan fingerprint density at radius 3 is 2.45 bits per heavy atom. The van der Waals surface area contributed by atoms with Gasteiger partial charge in [-0.15, -0.1) is 5.10 Å². The Balaban J connectivity index is 1.44. The second-order valence-electron chi connectivity index (χ2n) is 7.13. The molecular formula is C22H21FN4OS. The molecule has 1 N–H and O–H groups in total. The van der Waals surface area contributed by atoms with Crippen LogP contribution in [-0.2, 0) is 6.42 Å². The lowest BCUT2D eigenvalue weighted by molar-refractivity contribution is 0.0954. The van der Waals surface area contributed by atoms with Crippen molar-refractivity contribution in [2.45, 2.75) is 27.2 Å². The Bertz CT molecular complexity index is 1170. The van der Waals surface area contributed by atoms with Gasteiger partial charge in [0.1, 0.15) is 5.82 Å². The van der Waals surface area contributed by atoms with Crippen LogP contribution in [0.5, 0.6) is 0 Å². The van der Waals surface area contributed by atoms with Crippen molar-refractivity contribution >= 4 is 22.2 Å². The van der Waals surface area contributed by atoms with E-state index in [-0.39, 0.29) is 11.7 Å². The maximum Gasteiger partial charge on any atom is 0.251 e. The fourth-order valence-electron chi connectivity index (χ4n) is 3.34. The highest BCUT2D eigenvalue weighted by atomic mass is 32.1. The van der Waals surface area contributed by atoms with Crippen LogP contribution >= 0.6 is 11.3 Å². The molecule has 0 atom stereocenters. The number of rotatable bonds is 5. The molecular weight excluding hydrogens is 387 g/mol. The van der Waals surface area contributed by atoms with Crippen LogP contribution in [0.1, 0.15) is 32.1 Å². The van der Waals surface area contributed by atoms with E-state index in [1.54, 1.807) is 23.5 Å². The highest BCUT2D eigenvalue weighted by Gasteiger charge is 2.15. The molecule has 5 nitrogen and oxygen atoms in total. The number of fused-ring (bicyclic) bond motifs is 1. The van der Waals surface area contributed by atoms with Gasteiger partial charge in [0.2, 0.25) is 4.96 Å². The van der Waals surface area contributed by atoms with Gasteiger partial charge >= 0.3 is 0 Å². The number of nitrogens with one attached hydrogen (secondary N) is 1. The molecule has 0 aliphatic heterocycles. The lowest BCUT2D eigenvalue weighted by atomic mass is 10.1. The molecule has 0 unspecified atom stereocenters. The second-order valence-corrected chi connectivity index (χ2v) is 8.19. The molecule has 4 rings (SSSR count). The van der Waals surface area contributed by atoms with E-state index < -0.39 is 0 Å². The molecule has 0 aliphatic carbocycles. The molecule has 1 amide bonds. The molecule has 0 aliphatic rings. The Kier molecular flexibility index (Phi) is 5.15. The summed E-state index contributed by atoms with van der Waals surface area (Å²) >= 11 is 1.56. The Morgan fingerprint density at radius 2 is 1.79 bits per heavy atom. The fourth-order valence-corrected chi connectivity index (χ4v) is 4.39. The molecule has 7 heteroatoms. The predicted octanol–water partition coefficient (Wildman–Crippen LogP) is 4.49. The third kappa shape index (κ3) is 4.05. The highest BCUT2D eigenvalue weighted by molar-refractivity contribution is 7.17. The van der Waals surface area contributed by atoms with Crippen LogP contribution in [0.3, 0.4) is 0 Å². The Labute approximate surface area is 172 Å². The third-order valence-electron chi connectivity index (χ3n) is 4.74. The van der Waals surface area contributed by atoms with Crippen molar-refractivity contribution in [2.24, 2.45) is 0 Å². The minimum Gasteiger partial charge on any atom is -0.352 e. The number of carbonyl (C=O) groups excluding carboxylic acids is 1. The molecule has 0 spiro atoms. The van der Waals surface area contributed by atoms with Gasteiger partial charge in [-0.2, -0.15) is 4.98 Å². The summed E-state index contributed by atoms with van der Waals surface area (Å²) in [5.74, 6) is 0.234. The van der Waals surface area contributed by atoms with Crippen LogP contribution in [0.2, 0.25) is 0 Å². The normalized spacial score (nSPS) is 11.2. The third-order valence-corrected chi connectivity index (χ3v) is 5.93. The average molecular weight is 409 g/mol. The van der Waals surface area contributed by atoms with Crippen molar-refractivity contribution in [1.82, 2.24) is 19.9 Å². The van der Waals surface area contributed by atoms with E-state index >= 15 is 0 Å². The number of benzene rings is 2. The van der Waals surface area contributed by atoms with Crippen LogP contribution in [0.4, 0.5) is 4.39 Å². The minimum atomic E-state index is -0.281. The van der Waals surface area contributed by atoms with Gasteiger partial charge in [0.25, 0.3) is 5.91 Å². The van der Waals surface area contributed by atoms with E-state index in [4.69, 9.17) is 0 Å². The van der Waals surface area contributed by atoms with E-state index in [2.05, 4.69) is 21.5 Å². The number of carbonyl (C=O) groups is 1. The summed E-state index contributed by atoms with van der Waals surface area (Å²) in [7, 11) is 0. The standard InChI is InChI=1S/C22H21FN4OS/c1-13-10-14(2)12-17(11-13)21(28)24-9-8-19-15(3)27-22(29-19)25-20(26-27)16-4-6-18(23)7-5-16/h4-7,10-12H,8-9H2,1-3H3,(H,24,28). The first kappa shape index (κ1) is 19.3. The molecule has 29 heavy (non-hydrogen) atoms. The maximum absolute atomic E-state index is 13.1. The van der Waals surface area contributed by atoms with Gasteiger partial charge in [-0.05, 0) is 57.2 Å². The van der Waals surface area contributed by atoms with E-state index in [9.17, 15) is 9.18 Å². The predicted molar refractivity (Wildman–Crippen MR) is 113 cm³/mol. The summed E-state index contributed by atoms with van der Waals surface area (Å²) in [5, 5.41) is 7.54.